The van der Waals surface area contributed by atoms with E-state index in [1.54, 1.807) is 0 Å². The van der Waals surface area contributed by atoms with Gasteiger partial charge in [0.15, 0.2) is 5.65 Å². The van der Waals surface area contributed by atoms with Crippen molar-refractivity contribution in [2.45, 2.75) is 32.7 Å². The van der Waals surface area contributed by atoms with Gasteiger partial charge in [0.25, 0.3) is 0 Å². The lowest BCUT2D eigenvalue weighted by Crippen LogP contribution is -2.42. The molecule has 0 aromatic carbocycles. The van der Waals surface area contributed by atoms with Gasteiger partial charge in [0.2, 0.25) is 5.91 Å². The highest BCUT2D eigenvalue weighted by Crippen LogP contribution is 2.04. The molecule has 20 heavy (non-hydrogen) atoms. The molecule has 2 aromatic heterocycles. The highest BCUT2D eigenvalue weighted by molar-refractivity contribution is 5.81. The minimum absolute atomic E-state index is 0.104. The summed E-state index contributed by atoms with van der Waals surface area (Å²) in [6.07, 6.45) is 3.24. The maximum atomic E-state index is 11.8. The molecule has 6 nitrogen and oxygen atoms in total. The molecule has 0 saturated carbocycles. The van der Waals surface area contributed by atoms with Gasteiger partial charge >= 0.3 is 0 Å². The van der Waals surface area contributed by atoms with E-state index in [1.165, 1.54) is 0 Å². The standard InChI is InChI=1S/C14H21N5O/c1-10(2)9-11(15)14(20)16-7-6-13-18-17-12-5-3-4-8-19(12)13/h3-5,8,10-11H,6-7,9,15H2,1-2H3,(H,16,20). The van der Waals surface area contributed by atoms with Crippen LogP contribution in [0.2, 0.25) is 0 Å². The second-order valence-corrected chi connectivity index (χ2v) is 5.32. The molecular weight excluding hydrogens is 254 g/mol. The first-order chi connectivity index (χ1) is 9.58. The third-order valence-corrected chi connectivity index (χ3v) is 3.09. The van der Waals surface area contributed by atoms with Gasteiger partial charge in [-0.25, -0.2) is 0 Å². The number of rotatable bonds is 6. The number of hydrogen-bond donors (Lipinski definition) is 2. The predicted octanol–water partition coefficient (Wildman–Crippen LogP) is 0.761. The van der Waals surface area contributed by atoms with Crippen molar-refractivity contribution in [1.82, 2.24) is 19.9 Å². The molecule has 2 rings (SSSR count). The summed E-state index contributed by atoms with van der Waals surface area (Å²) < 4.78 is 1.92. The van der Waals surface area contributed by atoms with Crippen molar-refractivity contribution < 1.29 is 4.79 Å². The Balaban J connectivity index is 1.85. The molecule has 0 bridgehead atoms. The first kappa shape index (κ1) is 14.5. The van der Waals surface area contributed by atoms with Crippen LogP contribution in [0.1, 0.15) is 26.1 Å². The van der Waals surface area contributed by atoms with Crippen LogP contribution in [0.15, 0.2) is 24.4 Å². The summed E-state index contributed by atoms with van der Waals surface area (Å²) in [5, 5.41) is 11.0. The Hall–Kier alpha value is -1.95. The Labute approximate surface area is 118 Å². The highest BCUT2D eigenvalue weighted by atomic mass is 16.2. The molecule has 108 valence electrons. The number of nitrogens with two attached hydrogens (primary N) is 1. The van der Waals surface area contributed by atoms with Crippen molar-refractivity contribution in [2.75, 3.05) is 6.54 Å². The normalized spacial score (nSPS) is 12.8. The molecule has 1 atom stereocenters. The maximum Gasteiger partial charge on any atom is 0.236 e. The van der Waals surface area contributed by atoms with E-state index in [0.29, 0.717) is 25.3 Å². The molecule has 0 saturated heterocycles. The van der Waals surface area contributed by atoms with Crippen LogP contribution in [0, 0.1) is 5.92 Å². The van der Waals surface area contributed by atoms with Crippen molar-refractivity contribution in [3.05, 3.63) is 30.2 Å². The Kier molecular flexibility index (Phi) is 4.68. The topological polar surface area (TPSA) is 85.3 Å². The number of pyridine rings is 1. The fourth-order valence-corrected chi connectivity index (χ4v) is 2.10. The number of nitrogens with zero attached hydrogens (tertiary/aromatic N) is 3. The van der Waals surface area contributed by atoms with Gasteiger partial charge in [0.05, 0.1) is 6.04 Å². The predicted molar refractivity (Wildman–Crippen MR) is 77.1 cm³/mol. The largest absolute Gasteiger partial charge is 0.354 e. The third kappa shape index (κ3) is 3.54. The first-order valence-electron chi connectivity index (χ1n) is 6.90. The Morgan fingerprint density at radius 1 is 1.40 bits per heavy atom. The lowest BCUT2D eigenvalue weighted by molar-refractivity contribution is -0.122. The summed E-state index contributed by atoms with van der Waals surface area (Å²) in [6, 6.07) is 5.30. The Morgan fingerprint density at radius 3 is 2.95 bits per heavy atom. The van der Waals surface area contributed by atoms with Crippen LogP contribution in [-0.4, -0.2) is 33.1 Å². The van der Waals surface area contributed by atoms with Gasteiger partial charge in [0, 0.05) is 19.2 Å². The Morgan fingerprint density at radius 2 is 2.20 bits per heavy atom. The van der Waals surface area contributed by atoms with Crippen LogP contribution < -0.4 is 11.1 Å². The molecule has 6 heteroatoms. The van der Waals surface area contributed by atoms with E-state index in [-0.39, 0.29) is 5.91 Å². The molecular formula is C14H21N5O. The molecule has 0 aliphatic rings. The molecule has 0 aliphatic carbocycles. The van der Waals surface area contributed by atoms with Gasteiger partial charge in [0.1, 0.15) is 5.82 Å². The Bertz CT molecular complexity index is 578. The van der Waals surface area contributed by atoms with E-state index >= 15 is 0 Å². The zero-order valence-corrected chi connectivity index (χ0v) is 11.9. The summed E-state index contributed by atoms with van der Waals surface area (Å²) in [4.78, 5) is 11.8. The second kappa shape index (κ2) is 6.47. The van der Waals surface area contributed by atoms with Crippen molar-refractivity contribution in [1.29, 1.82) is 0 Å². The van der Waals surface area contributed by atoms with Crippen molar-refractivity contribution in [2.24, 2.45) is 11.7 Å². The van der Waals surface area contributed by atoms with E-state index in [0.717, 1.165) is 11.5 Å². The van der Waals surface area contributed by atoms with E-state index in [9.17, 15) is 4.79 Å². The van der Waals surface area contributed by atoms with Gasteiger partial charge in [-0.1, -0.05) is 19.9 Å². The summed E-state index contributed by atoms with van der Waals surface area (Å²) in [5.41, 5.74) is 6.63. The van der Waals surface area contributed by atoms with E-state index in [2.05, 4.69) is 29.4 Å². The van der Waals surface area contributed by atoms with Gasteiger partial charge < -0.3 is 11.1 Å². The van der Waals surface area contributed by atoms with Crippen LogP contribution in [0.25, 0.3) is 5.65 Å². The quantitative estimate of drug-likeness (QED) is 0.815. The highest BCUT2D eigenvalue weighted by Gasteiger charge is 2.14. The van der Waals surface area contributed by atoms with Gasteiger partial charge in [-0.15, -0.1) is 10.2 Å². The molecule has 3 N–H and O–H groups in total. The first-order valence-corrected chi connectivity index (χ1v) is 6.90. The summed E-state index contributed by atoms with van der Waals surface area (Å²) >= 11 is 0. The number of amides is 1. The molecule has 0 radical (unpaired) electrons. The van der Waals surface area contributed by atoms with Crippen LogP contribution in [0.4, 0.5) is 0 Å². The van der Waals surface area contributed by atoms with E-state index < -0.39 is 6.04 Å². The zero-order valence-electron chi connectivity index (χ0n) is 11.9. The van der Waals surface area contributed by atoms with Gasteiger partial charge in [-0.05, 0) is 24.5 Å². The van der Waals surface area contributed by atoms with E-state index in [4.69, 9.17) is 5.73 Å². The summed E-state index contributed by atoms with van der Waals surface area (Å²) in [5.74, 6) is 1.14. The average molecular weight is 275 g/mol. The molecule has 0 spiro atoms. The number of nitrogens with one attached hydrogen (secondary N) is 1. The summed E-state index contributed by atoms with van der Waals surface area (Å²) in [7, 11) is 0. The summed E-state index contributed by atoms with van der Waals surface area (Å²) in [6.45, 7) is 4.62. The lowest BCUT2D eigenvalue weighted by atomic mass is 10.0. The third-order valence-electron chi connectivity index (χ3n) is 3.09. The SMILES string of the molecule is CC(C)CC(N)C(=O)NCCc1nnc2ccccn12. The number of carbonyl (C=O) groups excluding carboxylic acids is 1. The van der Waals surface area contributed by atoms with Crippen molar-refractivity contribution in [3.8, 4) is 0 Å². The second-order valence-electron chi connectivity index (χ2n) is 5.32. The zero-order chi connectivity index (χ0) is 14.5. The molecule has 0 fully saturated rings. The smallest absolute Gasteiger partial charge is 0.236 e. The number of carbonyl (C=O) groups is 1. The number of hydrogen-bond acceptors (Lipinski definition) is 4. The van der Waals surface area contributed by atoms with Gasteiger partial charge in [-0.2, -0.15) is 0 Å². The molecule has 2 heterocycles. The molecule has 0 aliphatic heterocycles. The molecule has 1 amide bonds. The average Bonchev–Trinajstić information content (AvgIpc) is 2.81. The fourth-order valence-electron chi connectivity index (χ4n) is 2.10. The number of fused-ring (bicyclic) bond motifs is 1. The van der Waals surface area contributed by atoms with Crippen LogP contribution in [-0.2, 0) is 11.2 Å². The van der Waals surface area contributed by atoms with Crippen LogP contribution in [0.5, 0.6) is 0 Å². The molecule has 1 unspecified atom stereocenters. The van der Waals surface area contributed by atoms with Gasteiger partial charge in [-0.3, -0.25) is 9.20 Å². The van der Waals surface area contributed by atoms with Crippen LogP contribution in [0.3, 0.4) is 0 Å². The maximum absolute atomic E-state index is 11.8. The minimum Gasteiger partial charge on any atom is -0.354 e. The molecule has 2 aromatic rings. The minimum atomic E-state index is -0.440. The lowest BCUT2D eigenvalue weighted by Gasteiger charge is -2.13. The van der Waals surface area contributed by atoms with Crippen molar-refractivity contribution >= 4 is 11.6 Å². The monoisotopic (exact) mass is 275 g/mol. The van der Waals surface area contributed by atoms with Crippen molar-refractivity contribution in [3.63, 3.8) is 0 Å². The number of aromatic nitrogens is 3. The fraction of sp³-hybridized carbons (Fsp3) is 0.500. The van der Waals surface area contributed by atoms with E-state index in [1.807, 2.05) is 28.8 Å². The van der Waals surface area contributed by atoms with Crippen LogP contribution >= 0.6 is 0 Å².